The summed E-state index contributed by atoms with van der Waals surface area (Å²) in [5, 5.41) is 5.83. The van der Waals surface area contributed by atoms with Crippen LogP contribution in [-0.4, -0.2) is 23.9 Å². The fraction of sp³-hybridized carbons (Fsp3) is 0. The van der Waals surface area contributed by atoms with E-state index in [0.717, 1.165) is 82.5 Å². The summed E-state index contributed by atoms with van der Waals surface area (Å²) in [6, 6.07) is 55.7. The standard InChI is InChI=1S/C46H27N5O/c52-45-34-19-8-7-17-32(34)37-26-31(27-39-43(37)51(45)44(47-39)29-15-5-2-6-16-29)30-23-24-41-36(25-30)33-18-10-12-22-40(33)50(41)46-48-38-21-11-9-20-35(38)42(49-46)28-13-3-1-4-14-28/h1-27H. The first-order valence-electron chi connectivity index (χ1n) is 17.3. The maximum absolute atomic E-state index is 14.0. The molecule has 0 saturated heterocycles. The van der Waals surface area contributed by atoms with E-state index < -0.39 is 0 Å². The van der Waals surface area contributed by atoms with Crippen LogP contribution in [0.25, 0.3) is 99.6 Å². The van der Waals surface area contributed by atoms with E-state index in [1.165, 1.54) is 0 Å². The van der Waals surface area contributed by atoms with Crippen LogP contribution in [0.2, 0.25) is 0 Å². The number of para-hydroxylation sites is 2. The Morgan fingerprint density at radius 1 is 0.404 bits per heavy atom. The monoisotopic (exact) mass is 665 g/mol. The van der Waals surface area contributed by atoms with Crippen LogP contribution in [0.15, 0.2) is 169 Å². The van der Waals surface area contributed by atoms with Crippen LogP contribution < -0.4 is 5.56 Å². The number of imidazole rings is 1. The molecule has 11 rings (SSSR count). The van der Waals surface area contributed by atoms with E-state index in [2.05, 4.69) is 83.4 Å². The Kier molecular flexibility index (Phi) is 6.01. The van der Waals surface area contributed by atoms with E-state index in [-0.39, 0.29) is 5.56 Å². The number of nitrogens with zero attached hydrogens (tertiary/aromatic N) is 5. The van der Waals surface area contributed by atoms with Crippen molar-refractivity contribution in [1.82, 2.24) is 23.9 Å². The lowest BCUT2D eigenvalue weighted by Crippen LogP contribution is -2.14. The van der Waals surface area contributed by atoms with Crippen molar-refractivity contribution in [2.24, 2.45) is 0 Å². The summed E-state index contributed by atoms with van der Waals surface area (Å²) in [6.45, 7) is 0. The van der Waals surface area contributed by atoms with Gasteiger partial charge in [0.25, 0.3) is 5.56 Å². The molecule has 0 amide bonds. The number of aromatic nitrogens is 5. The molecule has 0 N–H and O–H groups in total. The van der Waals surface area contributed by atoms with Gasteiger partial charge >= 0.3 is 0 Å². The van der Waals surface area contributed by atoms with Gasteiger partial charge in [-0.05, 0) is 59.0 Å². The van der Waals surface area contributed by atoms with Crippen LogP contribution in [0.1, 0.15) is 0 Å². The Labute approximate surface area is 296 Å². The Hall–Kier alpha value is -7.18. The minimum Gasteiger partial charge on any atom is -0.278 e. The number of benzene rings is 7. The van der Waals surface area contributed by atoms with E-state index in [4.69, 9.17) is 15.0 Å². The molecule has 0 aliphatic rings. The zero-order valence-corrected chi connectivity index (χ0v) is 27.7. The van der Waals surface area contributed by atoms with Crippen molar-refractivity contribution in [3.8, 4) is 39.7 Å². The predicted octanol–water partition coefficient (Wildman–Crippen LogP) is 10.5. The molecule has 0 aliphatic heterocycles. The Balaban J connectivity index is 1.16. The highest BCUT2D eigenvalue weighted by atomic mass is 16.1. The molecule has 0 bridgehead atoms. The number of hydrogen-bond acceptors (Lipinski definition) is 4. The van der Waals surface area contributed by atoms with Crippen LogP contribution in [0.3, 0.4) is 0 Å². The first-order chi connectivity index (χ1) is 25.7. The third-order valence-electron chi connectivity index (χ3n) is 10.3. The normalized spacial score (nSPS) is 11.9. The van der Waals surface area contributed by atoms with E-state index in [1.807, 2.05) is 84.9 Å². The van der Waals surface area contributed by atoms with E-state index in [0.29, 0.717) is 17.2 Å². The van der Waals surface area contributed by atoms with Crippen LogP contribution in [0, 0.1) is 0 Å². The van der Waals surface area contributed by atoms with Crippen LogP contribution in [-0.2, 0) is 0 Å². The molecule has 242 valence electrons. The number of hydrogen-bond donors (Lipinski definition) is 0. The number of pyridine rings is 1. The second-order valence-electron chi connectivity index (χ2n) is 13.2. The van der Waals surface area contributed by atoms with Crippen molar-refractivity contribution < 1.29 is 0 Å². The quantitative estimate of drug-likeness (QED) is 0.176. The van der Waals surface area contributed by atoms with E-state index >= 15 is 0 Å². The Morgan fingerprint density at radius 2 is 1.04 bits per heavy atom. The maximum atomic E-state index is 14.0. The van der Waals surface area contributed by atoms with Crippen LogP contribution in [0.4, 0.5) is 0 Å². The third kappa shape index (κ3) is 4.12. The molecule has 4 heterocycles. The minimum atomic E-state index is -0.0576. The van der Waals surface area contributed by atoms with E-state index in [9.17, 15) is 4.79 Å². The van der Waals surface area contributed by atoms with Gasteiger partial charge in [-0.25, -0.2) is 15.0 Å². The van der Waals surface area contributed by atoms with Crippen molar-refractivity contribution in [3.05, 3.63) is 174 Å². The van der Waals surface area contributed by atoms with Gasteiger partial charge in [-0.2, -0.15) is 0 Å². The molecule has 52 heavy (non-hydrogen) atoms. The number of rotatable bonds is 4. The van der Waals surface area contributed by atoms with Crippen LogP contribution >= 0.6 is 0 Å². The van der Waals surface area contributed by atoms with Gasteiger partial charge in [-0.1, -0.05) is 121 Å². The second kappa shape index (κ2) is 10.9. The van der Waals surface area contributed by atoms with Crippen molar-refractivity contribution in [1.29, 1.82) is 0 Å². The van der Waals surface area contributed by atoms with Crippen molar-refractivity contribution in [2.45, 2.75) is 0 Å². The largest absolute Gasteiger partial charge is 0.278 e. The molecule has 0 spiro atoms. The lowest BCUT2D eigenvalue weighted by molar-refractivity contribution is 1.01. The highest BCUT2D eigenvalue weighted by molar-refractivity contribution is 6.14. The maximum Gasteiger partial charge on any atom is 0.264 e. The lowest BCUT2D eigenvalue weighted by atomic mass is 9.98. The summed E-state index contributed by atoms with van der Waals surface area (Å²) >= 11 is 0. The molecule has 0 saturated carbocycles. The van der Waals surface area contributed by atoms with E-state index in [1.54, 1.807) is 4.40 Å². The summed E-state index contributed by atoms with van der Waals surface area (Å²) in [7, 11) is 0. The van der Waals surface area contributed by atoms with Gasteiger partial charge in [0.05, 0.1) is 33.3 Å². The highest BCUT2D eigenvalue weighted by Gasteiger charge is 2.21. The van der Waals surface area contributed by atoms with Gasteiger partial charge in [-0.15, -0.1) is 0 Å². The number of fused-ring (bicyclic) bond motifs is 6. The average Bonchev–Trinajstić information content (AvgIpc) is 3.76. The Morgan fingerprint density at radius 3 is 1.85 bits per heavy atom. The molecule has 6 heteroatoms. The fourth-order valence-electron chi connectivity index (χ4n) is 7.93. The molecule has 0 unspecified atom stereocenters. The second-order valence-corrected chi connectivity index (χ2v) is 13.2. The highest BCUT2D eigenvalue weighted by Crippen LogP contribution is 2.39. The molecule has 11 aromatic rings. The molecule has 4 aromatic heterocycles. The predicted molar refractivity (Wildman–Crippen MR) is 211 cm³/mol. The first kappa shape index (κ1) is 28.6. The fourth-order valence-corrected chi connectivity index (χ4v) is 7.93. The molecular formula is C46H27N5O. The summed E-state index contributed by atoms with van der Waals surface area (Å²) in [6.07, 6.45) is 0. The van der Waals surface area contributed by atoms with Gasteiger partial charge in [0.2, 0.25) is 5.95 Å². The average molecular weight is 666 g/mol. The summed E-state index contributed by atoms with van der Waals surface area (Å²) < 4.78 is 3.96. The van der Waals surface area contributed by atoms with Gasteiger partial charge in [0.1, 0.15) is 5.82 Å². The SMILES string of the molecule is O=c1c2ccccc2c2cc(-c3ccc4c(c3)c3ccccc3n4-c3nc(-c4ccccc4)c4ccccc4n3)cc3nc(-c4ccccc4)n1c32. The molecule has 0 atom stereocenters. The zero-order chi connectivity index (χ0) is 34.3. The Bertz CT molecular complexity index is 3260. The van der Waals surface area contributed by atoms with Crippen molar-refractivity contribution >= 4 is 59.9 Å². The topological polar surface area (TPSA) is 65.1 Å². The van der Waals surface area contributed by atoms with Crippen LogP contribution in [0.5, 0.6) is 0 Å². The summed E-state index contributed by atoms with van der Waals surface area (Å²) in [4.78, 5) is 29.4. The first-order valence-corrected chi connectivity index (χ1v) is 17.3. The molecular weight excluding hydrogens is 639 g/mol. The molecule has 7 aromatic carbocycles. The zero-order valence-electron chi connectivity index (χ0n) is 27.7. The molecule has 6 nitrogen and oxygen atoms in total. The summed E-state index contributed by atoms with van der Waals surface area (Å²) in [5.74, 6) is 1.28. The van der Waals surface area contributed by atoms with Gasteiger partial charge in [0.15, 0.2) is 0 Å². The van der Waals surface area contributed by atoms with Crippen molar-refractivity contribution in [3.63, 3.8) is 0 Å². The minimum absolute atomic E-state index is 0.0576. The van der Waals surface area contributed by atoms with Crippen molar-refractivity contribution in [2.75, 3.05) is 0 Å². The summed E-state index contributed by atoms with van der Waals surface area (Å²) in [5.41, 5.74) is 9.46. The lowest BCUT2D eigenvalue weighted by Gasteiger charge is -2.12. The molecule has 0 fully saturated rings. The third-order valence-corrected chi connectivity index (χ3v) is 10.3. The van der Waals surface area contributed by atoms with Gasteiger partial charge in [0, 0.05) is 38.1 Å². The molecule has 0 aliphatic carbocycles. The molecule has 0 radical (unpaired) electrons. The smallest absolute Gasteiger partial charge is 0.264 e. The van der Waals surface area contributed by atoms with Gasteiger partial charge < -0.3 is 0 Å². The van der Waals surface area contributed by atoms with Gasteiger partial charge in [-0.3, -0.25) is 13.8 Å².